The number of allylic oxidation sites excluding steroid dienone is 4. The first kappa shape index (κ1) is 10.9. The van der Waals surface area contributed by atoms with Gasteiger partial charge in [0.25, 0.3) is 0 Å². The molecule has 0 aliphatic carbocycles. The van der Waals surface area contributed by atoms with Crippen molar-refractivity contribution in [2.24, 2.45) is 0 Å². The second-order valence-corrected chi connectivity index (χ2v) is 1.90. The quantitative estimate of drug-likeness (QED) is 0.250. The summed E-state index contributed by atoms with van der Waals surface area (Å²) in [5.74, 6) is 0. The molecule has 0 saturated heterocycles. The van der Waals surface area contributed by atoms with Gasteiger partial charge < -0.3 is 0 Å². The summed E-state index contributed by atoms with van der Waals surface area (Å²) in [4.78, 5) is 9.52. The van der Waals surface area contributed by atoms with Crippen LogP contribution < -0.4 is 0 Å². The van der Waals surface area contributed by atoms with Gasteiger partial charge in [-0.15, -0.1) is 0 Å². The lowest BCUT2D eigenvalue weighted by atomic mass is 10.5. The Morgan fingerprint density at radius 3 is 1.58 bits per heavy atom. The van der Waals surface area contributed by atoms with Crippen LogP contribution in [0.2, 0.25) is 0 Å². The molecule has 0 aromatic carbocycles. The van der Waals surface area contributed by atoms with Crippen LogP contribution in [0.5, 0.6) is 0 Å². The Kier molecular flexibility index (Phi) is 8.96. The molecule has 12 heavy (non-hydrogen) atoms. The highest BCUT2D eigenvalue weighted by molar-refractivity contribution is 4.97. The van der Waals surface area contributed by atoms with Gasteiger partial charge in [-0.05, 0) is 0 Å². The highest BCUT2D eigenvalue weighted by Gasteiger charge is 1.79. The lowest BCUT2D eigenvalue weighted by Gasteiger charge is -1.95. The van der Waals surface area contributed by atoms with Gasteiger partial charge in [0.05, 0.1) is 0 Å². The van der Waals surface area contributed by atoms with Crippen LogP contribution >= 0.6 is 0 Å². The molecule has 0 atom stereocenters. The molecule has 0 fully saturated rings. The first-order valence-corrected chi connectivity index (χ1v) is 3.71. The Labute approximate surface area is 73.4 Å². The fourth-order valence-corrected chi connectivity index (χ4v) is 0.478. The van der Waals surface area contributed by atoms with Crippen molar-refractivity contribution in [2.75, 3.05) is 13.2 Å². The second kappa shape index (κ2) is 9.88. The van der Waals surface area contributed by atoms with Crippen LogP contribution in [0.15, 0.2) is 49.6 Å². The van der Waals surface area contributed by atoms with Crippen molar-refractivity contribution in [1.29, 1.82) is 0 Å². The number of rotatable bonds is 7. The van der Waals surface area contributed by atoms with Crippen LogP contribution in [0.3, 0.4) is 0 Å². The minimum absolute atomic E-state index is 0.438. The van der Waals surface area contributed by atoms with E-state index in [1.807, 2.05) is 12.2 Å². The van der Waals surface area contributed by atoms with Crippen LogP contribution in [0, 0.1) is 0 Å². The third kappa shape index (κ3) is 8.88. The lowest BCUT2D eigenvalue weighted by Crippen LogP contribution is -1.93. The average Bonchev–Trinajstić information content (AvgIpc) is 2.10. The Balaban J connectivity index is 3.10. The largest absolute Gasteiger partial charge is 0.232 e. The Bertz CT molecular complexity index is 149. The SMILES string of the molecule is C=CC=CCOOCC=CC=C. The summed E-state index contributed by atoms with van der Waals surface area (Å²) in [6.45, 7) is 7.90. The molecule has 0 unspecified atom stereocenters. The summed E-state index contributed by atoms with van der Waals surface area (Å²) in [5.41, 5.74) is 0. The van der Waals surface area contributed by atoms with Crippen molar-refractivity contribution in [2.45, 2.75) is 0 Å². The van der Waals surface area contributed by atoms with E-state index < -0.39 is 0 Å². The minimum Gasteiger partial charge on any atom is -0.232 e. The molecule has 0 N–H and O–H groups in total. The minimum atomic E-state index is 0.438. The summed E-state index contributed by atoms with van der Waals surface area (Å²) in [7, 11) is 0. The molecule has 0 aromatic heterocycles. The van der Waals surface area contributed by atoms with Crippen LogP contribution in [0.25, 0.3) is 0 Å². The van der Waals surface area contributed by atoms with Gasteiger partial charge in [0, 0.05) is 0 Å². The van der Waals surface area contributed by atoms with Crippen LogP contribution in [0.1, 0.15) is 0 Å². The fourth-order valence-electron chi connectivity index (χ4n) is 0.478. The third-order valence-corrected chi connectivity index (χ3v) is 0.956. The standard InChI is InChI=1S/C10H14O2/c1-3-5-7-9-11-12-10-8-6-4-2/h3-8H,1-2,9-10H2. The molecule has 0 rings (SSSR count). The summed E-state index contributed by atoms with van der Waals surface area (Å²) < 4.78 is 0. The van der Waals surface area contributed by atoms with E-state index in [4.69, 9.17) is 9.78 Å². The van der Waals surface area contributed by atoms with Gasteiger partial charge in [0.2, 0.25) is 0 Å². The topological polar surface area (TPSA) is 18.5 Å². The number of hydrogen-bond donors (Lipinski definition) is 0. The van der Waals surface area contributed by atoms with Crippen molar-refractivity contribution < 1.29 is 9.78 Å². The van der Waals surface area contributed by atoms with Gasteiger partial charge in [-0.2, -0.15) is 0 Å². The van der Waals surface area contributed by atoms with Gasteiger partial charge in [0.15, 0.2) is 0 Å². The molecule has 66 valence electrons. The van der Waals surface area contributed by atoms with Crippen molar-refractivity contribution in [3.8, 4) is 0 Å². The first-order chi connectivity index (χ1) is 5.91. The molecule has 0 heterocycles. The van der Waals surface area contributed by atoms with E-state index in [0.717, 1.165) is 0 Å². The molecule has 0 spiro atoms. The van der Waals surface area contributed by atoms with Crippen LogP contribution in [-0.2, 0) is 9.78 Å². The summed E-state index contributed by atoms with van der Waals surface area (Å²) in [5, 5.41) is 0. The van der Waals surface area contributed by atoms with E-state index in [2.05, 4.69) is 13.2 Å². The maximum Gasteiger partial charge on any atom is 0.101 e. The van der Waals surface area contributed by atoms with Crippen LogP contribution in [-0.4, -0.2) is 13.2 Å². The molecule has 0 saturated carbocycles. The molecule has 2 nitrogen and oxygen atoms in total. The van der Waals surface area contributed by atoms with E-state index in [1.54, 1.807) is 24.3 Å². The van der Waals surface area contributed by atoms with Crippen molar-refractivity contribution in [1.82, 2.24) is 0 Å². The first-order valence-electron chi connectivity index (χ1n) is 3.71. The van der Waals surface area contributed by atoms with Gasteiger partial charge in [-0.1, -0.05) is 49.6 Å². The van der Waals surface area contributed by atoms with Crippen molar-refractivity contribution in [3.05, 3.63) is 49.6 Å². The molecule has 0 aliphatic heterocycles. The Morgan fingerprint density at radius 2 is 1.25 bits per heavy atom. The van der Waals surface area contributed by atoms with E-state index in [9.17, 15) is 0 Å². The maximum atomic E-state index is 4.76. The molecule has 0 bridgehead atoms. The average molecular weight is 166 g/mol. The van der Waals surface area contributed by atoms with Gasteiger partial charge in [-0.3, -0.25) is 0 Å². The monoisotopic (exact) mass is 166 g/mol. The van der Waals surface area contributed by atoms with Gasteiger partial charge in [-0.25, -0.2) is 9.78 Å². The Hall–Kier alpha value is -1.12. The zero-order valence-electron chi connectivity index (χ0n) is 7.11. The highest BCUT2D eigenvalue weighted by atomic mass is 17.2. The van der Waals surface area contributed by atoms with E-state index in [1.165, 1.54) is 0 Å². The normalized spacial score (nSPS) is 11.0. The summed E-state index contributed by atoms with van der Waals surface area (Å²) >= 11 is 0. The fraction of sp³-hybridized carbons (Fsp3) is 0.200. The molecule has 0 radical (unpaired) electrons. The van der Waals surface area contributed by atoms with E-state index >= 15 is 0 Å². The molecular formula is C10H14O2. The smallest absolute Gasteiger partial charge is 0.101 e. The van der Waals surface area contributed by atoms with Gasteiger partial charge >= 0.3 is 0 Å². The summed E-state index contributed by atoms with van der Waals surface area (Å²) in [6.07, 6.45) is 10.6. The zero-order valence-corrected chi connectivity index (χ0v) is 7.11. The summed E-state index contributed by atoms with van der Waals surface area (Å²) in [6, 6.07) is 0. The Morgan fingerprint density at radius 1 is 0.833 bits per heavy atom. The van der Waals surface area contributed by atoms with Gasteiger partial charge in [0.1, 0.15) is 13.2 Å². The zero-order chi connectivity index (χ0) is 9.07. The predicted octanol–water partition coefficient (Wildman–Crippen LogP) is 2.42. The molecule has 2 heteroatoms. The highest BCUT2D eigenvalue weighted by Crippen LogP contribution is 1.82. The molecule has 0 aliphatic rings. The van der Waals surface area contributed by atoms with E-state index in [-0.39, 0.29) is 0 Å². The molecular weight excluding hydrogens is 152 g/mol. The predicted molar refractivity (Wildman–Crippen MR) is 50.6 cm³/mol. The second-order valence-electron chi connectivity index (χ2n) is 1.90. The van der Waals surface area contributed by atoms with E-state index in [0.29, 0.717) is 13.2 Å². The van der Waals surface area contributed by atoms with Crippen molar-refractivity contribution >= 4 is 0 Å². The third-order valence-electron chi connectivity index (χ3n) is 0.956. The van der Waals surface area contributed by atoms with Crippen molar-refractivity contribution in [3.63, 3.8) is 0 Å². The lowest BCUT2D eigenvalue weighted by molar-refractivity contribution is -0.277. The molecule has 0 amide bonds. The number of hydrogen-bond acceptors (Lipinski definition) is 2. The molecule has 0 aromatic rings. The maximum absolute atomic E-state index is 4.76. The van der Waals surface area contributed by atoms with Crippen LogP contribution in [0.4, 0.5) is 0 Å².